The Balaban J connectivity index is 3.11. The standard InChI is InChI=1S/C15H27N3/c1-6-10-16-15-13(9-4)11(5)17-14(18-15)12(7-2)8-3/h12H,6-10H2,1-5H3,(H,16,17,18). The van der Waals surface area contributed by atoms with Crippen LogP contribution in [0.3, 0.4) is 0 Å². The third-order valence-corrected chi connectivity index (χ3v) is 3.48. The maximum Gasteiger partial charge on any atom is 0.134 e. The molecule has 18 heavy (non-hydrogen) atoms. The first-order valence-corrected chi connectivity index (χ1v) is 7.29. The van der Waals surface area contributed by atoms with Crippen molar-refractivity contribution < 1.29 is 0 Å². The molecule has 0 spiro atoms. The van der Waals surface area contributed by atoms with E-state index in [2.05, 4.69) is 39.9 Å². The largest absolute Gasteiger partial charge is 0.370 e. The van der Waals surface area contributed by atoms with Crippen LogP contribution in [0.2, 0.25) is 0 Å². The van der Waals surface area contributed by atoms with Gasteiger partial charge in [0.1, 0.15) is 11.6 Å². The summed E-state index contributed by atoms with van der Waals surface area (Å²) in [4.78, 5) is 9.47. The van der Waals surface area contributed by atoms with E-state index in [0.717, 1.165) is 49.6 Å². The smallest absolute Gasteiger partial charge is 0.134 e. The third-order valence-electron chi connectivity index (χ3n) is 3.48. The van der Waals surface area contributed by atoms with Gasteiger partial charge in [0.25, 0.3) is 0 Å². The van der Waals surface area contributed by atoms with Crippen molar-refractivity contribution in [1.82, 2.24) is 9.97 Å². The van der Waals surface area contributed by atoms with Gasteiger partial charge in [-0.15, -0.1) is 0 Å². The average Bonchev–Trinajstić information content (AvgIpc) is 2.37. The monoisotopic (exact) mass is 249 g/mol. The molecule has 0 aliphatic heterocycles. The van der Waals surface area contributed by atoms with Gasteiger partial charge in [0.2, 0.25) is 0 Å². The van der Waals surface area contributed by atoms with E-state index in [9.17, 15) is 0 Å². The summed E-state index contributed by atoms with van der Waals surface area (Å²) in [6, 6.07) is 0. The van der Waals surface area contributed by atoms with Crippen molar-refractivity contribution in [2.24, 2.45) is 0 Å². The molecule has 0 amide bonds. The summed E-state index contributed by atoms with van der Waals surface area (Å²) >= 11 is 0. The van der Waals surface area contributed by atoms with Gasteiger partial charge in [0.15, 0.2) is 0 Å². The van der Waals surface area contributed by atoms with E-state index < -0.39 is 0 Å². The van der Waals surface area contributed by atoms with Gasteiger partial charge in [-0.3, -0.25) is 0 Å². The number of rotatable bonds is 7. The SMILES string of the molecule is CCCNc1nc(C(CC)CC)nc(C)c1CC. The minimum atomic E-state index is 0.483. The molecule has 1 aromatic heterocycles. The van der Waals surface area contributed by atoms with Gasteiger partial charge in [-0.2, -0.15) is 0 Å². The Morgan fingerprint density at radius 3 is 2.22 bits per heavy atom. The van der Waals surface area contributed by atoms with E-state index in [-0.39, 0.29) is 0 Å². The molecule has 0 saturated carbocycles. The van der Waals surface area contributed by atoms with Crippen molar-refractivity contribution in [2.45, 2.75) is 66.2 Å². The summed E-state index contributed by atoms with van der Waals surface area (Å²) in [6.07, 6.45) is 4.32. The number of aryl methyl sites for hydroxylation is 1. The number of anilines is 1. The molecule has 0 fully saturated rings. The van der Waals surface area contributed by atoms with E-state index in [4.69, 9.17) is 9.97 Å². The van der Waals surface area contributed by atoms with Crippen molar-refractivity contribution in [3.05, 3.63) is 17.1 Å². The van der Waals surface area contributed by atoms with Crippen LogP contribution in [0.15, 0.2) is 0 Å². The topological polar surface area (TPSA) is 37.8 Å². The Morgan fingerprint density at radius 1 is 1.06 bits per heavy atom. The zero-order valence-electron chi connectivity index (χ0n) is 12.5. The molecule has 1 rings (SSSR count). The van der Waals surface area contributed by atoms with Crippen molar-refractivity contribution in [3.63, 3.8) is 0 Å². The summed E-state index contributed by atoms with van der Waals surface area (Å²) in [5, 5.41) is 3.45. The van der Waals surface area contributed by atoms with Crippen molar-refractivity contribution in [2.75, 3.05) is 11.9 Å². The Kier molecular flexibility index (Phi) is 6.10. The number of hydrogen-bond acceptors (Lipinski definition) is 3. The second-order valence-electron chi connectivity index (χ2n) is 4.79. The number of hydrogen-bond donors (Lipinski definition) is 1. The molecule has 0 radical (unpaired) electrons. The molecule has 1 N–H and O–H groups in total. The molecule has 0 saturated heterocycles. The highest BCUT2D eigenvalue weighted by atomic mass is 15.0. The van der Waals surface area contributed by atoms with Gasteiger partial charge in [0, 0.05) is 23.7 Å². The lowest BCUT2D eigenvalue weighted by Crippen LogP contribution is -2.12. The molecule has 0 atom stereocenters. The molecule has 1 aromatic rings. The zero-order chi connectivity index (χ0) is 13.5. The lowest BCUT2D eigenvalue weighted by molar-refractivity contribution is 0.598. The van der Waals surface area contributed by atoms with E-state index in [1.54, 1.807) is 0 Å². The third kappa shape index (κ3) is 3.44. The van der Waals surface area contributed by atoms with Crippen LogP contribution < -0.4 is 5.32 Å². The molecule has 3 nitrogen and oxygen atoms in total. The Morgan fingerprint density at radius 2 is 1.72 bits per heavy atom. The van der Waals surface area contributed by atoms with Crippen LogP contribution >= 0.6 is 0 Å². The highest BCUT2D eigenvalue weighted by Crippen LogP contribution is 2.24. The first-order valence-electron chi connectivity index (χ1n) is 7.29. The maximum absolute atomic E-state index is 4.76. The number of aromatic nitrogens is 2. The fraction of sp³-hybridized carbons (Fsp3) is 0.733. The minimum absolute atomic E-state index is 0.483. The fourth-order valence-electron chi connectivity index (χ4n) is 2.27. The predicted octanol–water partition coefficient (Wildman–Crippen LogP) is 4.07. The summed E-state index contributed by atoms with van der Waals surface area (Å²) in [5.74, 6) is 2.54. The Bertz CT molecular complexity index is 370. The van der Waals surface area contributed by atoms with Crippen LogP contribution in [0, 0.1) is 6.92 Å². The summed E-state index contributed by atoms with van der Waals surface area (Å²) in [7, 11) is 0. The van der Waals surface area contributed by atoms with Gasteiger partial charge in [-0.1, -0.05) is 27.7 Å². The quantitative estimate of drug-likeness (QED) is 0.791. The number of nitrogens with one attached hydrogen (secondary N) is 1. The molecule has 0 aliphatic rings. The summed E-state index contributed by atoms with van der Waals surface area (Å²) in [5.41, 5.74) is 2.39. The van der Waals surface area contributed by atoms with E-state index >= 15 is 0 Å². The first kappa shape index (κ1) is 14.9. The van der Waals surface area contributed by atoms with Crippen LogP contribution in [0.1, 0.15) is 70.0 Å². The fourth-order valence-corrected chi connectivity index (χ4v) is 2.27. The second-order valence-corrected chi connectivity index (χ2v) is 4.79. The zero-order valence-corrected chi connectivity index (χ0v) is 12.5. The van der Waals surface area contributed by atoms with Gasteiger partial charge >= 0.3 is 0 Å². The summed E-state index contributed by atoms with van der Waals surface area (Å²) < 4.78 is 0. The molecular formula is C15H27N3. The van der Waals surface area contributed by atoms with E-state index in [0.29, 0.717) is 5.92 Å². The highest BCUT2D eigenvalue weighted by Gasteiger charge is 2.15. The van der Waals surface area contributed by atoms with Crippen LogP contribution in [-0.4, -0.2) is 16.5 Å². The van der Waals surface area contributed by atoms with Crippen LogP contribution in [0.25, 0.3) is 0 Å². The highest BCUT2D eigenvalue weighted by molar-refractivity contribution is 5.46. The Labute approximate surface area is 111 Å². The van der Waals surface area contributed by atoms with Crippen molar-refractivity contribution >= 4 is 5.82 Å². The van der Waals surface area contributed by atoms with Crippen molar-refractivity contribution in [3.8, 4) is 0 Å². The van der Waals surface area contributed by atoms with Gasteiger partial charge < -0.3 is 5.32 Å². The lowest BCUT2D eigenvalue weighted by Gasteiger charge is -2.17. The average molecular weight is 249 g/mol. The van der Waals surface area contributed by atoms with Gasteiger partial charge in [-0.05, 0) is 32.6 Å². The lowest BCUT2D eigenvalue weighted by atomic mass is 10.0. The minimum Gasteiger partial charge on any atom is -0.370 e. The molecule has 0 aromatic carbocycles. The maximum atomic E-state index is 4.76. The normalized spacial score (nSPS) is 11.0. The molecular weight excluding hydrogens is 222 g/mol. The van der Waals surface area contributed by atoms with Crippen molar-refractivity contribution in [1.29, 1.82) is 0 Å². The van der Waals surface area contributed by atoms with E-state index in [1.165, 1.54) is 5.56 Å². The molecule has 0 bridgehead atoms. The van der Waals surface area contributed by atoms with Gasteiger partial charge in [0.05, 0.1) is 0 Å². The van der Waals surface area contributed by atoms with Gasteiger partial charge in [-0.25, -0.2) is 9.97 Å². The molecule has 3 heteroatoms. The summed E-state index contributed by atoms with van der Waals surface area (Å²) in [6.45, 7) is 11.8. The Hall–Kier alpha value is -1.12. The molecule has 0 aliphatic carbocycles. The van der Waals surface area contributed by atoms with Crippen LogP contribution in [0.5, 0.6) is 0 Å². The first-order chi connectivity index (χ1) is 8.67. The van der Waals surface area contributed by atoms with Crippen LogP contribution in [0.4, 0.5) is 5.82 Å². The number of nitrogens with zero attached hydrogens (tertiary/aromatic N) is 2. The molecule has 0 unspecified atom stereocenters. The van der Waals surface area contributed by atoms with E-state index in [1.807, 2.05) is 0 Å². The predicted molar refractivity (Wildman–Crippen MR) is 78.3 cm³/mol. The molecule has 102 valence electrons. The molecule has 1 heterocycles. The second kappa shape index (κ2) is 7.34. The van der Waals surface area contributed by atoms with Crippen LogP contribution in [-0.2, 0) is 6.42 Å².